The standard InChI is InChI=1S/C21H38N2O6S/c1-6-21(5,20(2,3)4)19(28)29-14-16(24)13-23(10-9-22)17(25)12-15(18(26)27)8-7-11-30/h7,11,15-16,24,30H,6,8-10,12-14,22H2,1-5H3,(H,26,27)/b11-7+. The van der Waals surface area contributed by atoms with Gasteiger partial charge in [-0.2, -0.15) is 12.6 Å². The van der Waals surface area contributed by atoms with Crippen LogP contribution >= 0.6 is 12.6 Å². The van der Waals surface area contributed by atoms with Crippen LogP contribution in [-0.2, 0) is 19.1 Å². The van der Waals surface area contributed by atoms with Crippen molar-refractivity contribution in [1.29, 1.82) is 0 Å². The Morgan fingerprint density at radius 2 is 1.83 bits per heavy atom. The summed E-state index contributed by atoms with van der Waals surface area (Å²) in [6, 6.07) is 0. The maximum atomic E-state index is 12.6. The lowest BCUT2D eigenvalue weighted by Gasteiger charge is -2.39. The van der Waals surface area contributed by atoms with E-state index in [9.17, 15) is 24.6 Å². The Hall–Kier alpha value is -1.58. The van der Waals surface area contributed by atoms with Crippen LogP contribution in [0.3, 0.4) is 0 Å². The van der Waals surface area contributed by atoms with Crippen molar-refractivity contribution < 1.29 is 29.3 Å². The second-order valence-corrected chi connectivity index (χ2v) is 8.97. The second-order valence-electron chi connectivity index (χ2n) is 8.68. The van der Waals surface area contributed by atoms with Crippen LogP contribution < -0.4 is 5.73 Å². The zero-order valence-corrected chi connectivity index (χ0v) is 19.7. The normalized spacial score (nSPS) is 16.0. The molecule has 0 spiro atoms. The molecule has 0 fully saturated rings. The van der Waals surface area contributed by atoms with Crippen molar-refractivity contribution in [2.75, 3.05) is 26.2 Å². The lowest BCUT2D eigenvalue weighted by Crippen LogP contribution is -2.45. The predicted octanol–water partition coefficient (Wildman–Crippen LogP) is 2.06. The van der Waals surface area contributed by atoms with Crippen LogP contribution in [0.25, 0.3) is 0 Å². The average Bonchev–Trinajstić information content (AvgIpc) is 2.66. The molecule has 174 valence electrons. The number of ether oxygens (including phenoxy) is 1. The molecular weight excluding hydrogens is 408 g/mol. The maximum Gasteiger partial charge on any atom is 0.312 e. The SMILES string of the molecule is CCC(C)(C(=O)OCC(O)CN(CCN)C(=O)CC(C/C=C/S)C(=O)O)C(C)(C)C. The van der Waals surface area contributed by atoms with Crippen LogP contribution in [0.1, 0.15) is 53.9 Å². The van der Waals surface area contributed by atoms with Gasteiger partial charge in [0.05, 0.1) is 11.3 Å². The number of aliphatic carboxylic acids is 1. The molecule has 8 nitrogen and oxygen atoms in total. The summed E-state index contributed by atoms with van der Waals surface area (Å²) in [5.74, 6) is -2.82. The zero-order valence-electron chi connectivity index (χ0n) is 18.8. The van der Waals surface area contributed by atoms with Crippen molar-refractivity contribution in [3.63, 3.8) is 0 Å². The maximum absolute atomic E-state index is 12.6. The Kier molecular flexibility index (Phi) is 12.3. The van der Waals surface area contributed by atoms with Gasteiger partial charge in [-0.3, -0.25) is 14.4 Å². The fourth-order valence-electron chi connectivity index (χ4n) is 2.93. The number of aliphatic hydroxyl groups is 1. The molecule has 0 rings (SSSR count). The summed E-state index contributed by atoms with van der Waals surface area (Å²) in [5, 5.41) is 21.0. The summed E-state index contributed by atoms with van der Waals surface area (Å²) in [7, 11) is 0. The Bertz CT molecular complexity index is 605. The molecule has 4 N–H and O–H groups in total. The second kappa shape index (κ2) is 13.0. The van der Waals surface area contributed by atoms with Gasteiger partial charge in [-0.25, -0.2) is 0 Å². The van der Waals surface area contributed by atoms with E-state index in [1.807, 2.05) is 34.6 Å². The lowest BCUT2D eigenvalue weighted by atomic mass is 9.66. The van der Waals surface area contributed by atoms with Crippen molar-refractivity contribution >= 4 is 30.5 Å². The van der Waals surface area contributed by atoms with Gasteiger partial charge < -0.3 is 25.6 Å². The third kappa shape index (κ3) is 8.65. The van der Waals surface area contributed by atoms with E-state index in [2.05, 4.69) is 12.6 Å². The van der Waals surface area contributed by atoms with E-state index in [-0.39, 0.29) is 44.5 Å². The van der Waals surface area contributed by atoms with E-state index in [0.29, 0.717) is 6.42 Å². The third-order valence-electron chi connectivity index (χ3n) is 5.70. The molecule has 0 saturated carbocycles. The highest BCUT2D eigenvalue weighted by Gasteiger charge is 2.44. The minimum Gasteiger partial charge on any atom is -0.481 e. The number of esters is 1. The zero-order chi connectivity index (χ0) is 23.5. The van der Waals surface area contributed by atoms with Gasteiger partial charge in [0.2, 0.25) is 5.91 Å². The summed E-state index contributed by atoms with van der Waals surface area (Å²) in [6.07, 6.45) is 0.991. The molecular formula is C21H38N2O6S. The van der Waals surface area contributed by atoms with Crippen LogP contribution in [0.2, 0.25) is 0 Å². The molecule has 0 aromatic carbocycles. The average molecular weight is 447 g/mol. The smallest absolute Gasteiger partial charge is 0.312 e. The van der Waals surface area contributed by atoms with Crippen molar-refractivity contribution in [1.82, 2.24) is 4.90 Å². The van der Waals surface area contributed by atoms with Gasteiger partial charge in [-0.05, 0) is 30.6 Å². The van der Waals surface area contributed by atoms with Crippen LogP contribution in [0.5, 0.6) is 0 Å². The molecule has 0 aliphatic carbocycles. The topological polar surface area (TPSA) is 130 Å². The molecule has 1 amide bonds. The number of carboxylic acid groups (broad SMARTS) is 1. The monoisotopic (exact) mass is 446 g/mol. The first-order valence-electron chi connectivity index (χ1n) is 10.2. The van der Waals surface area contributed by atoms with Crippen LogP contribution in [-0.4, -0.2) is 65.3 Å². The highest BCUT2D eigenvalue weighted by atomic mass is 32.1. The highest BCUT2D eigenvalue weighted by Crippen LogP contribution is 2.42. The van der Waals surface area contributed by atoms with Crippen molar-refractivity contribution in [3.05, 3.63) is 11.5 Å². The van der Waals surface area contributed by atoms with E-state index in [1.54, 1.807) is 6.08 Å². The minimum absolute atomic E-state index is 0.101. The number of carbonyl (C=O) groups excluding carboxylic acids is 2. The number of nitrogens with zero attached hydrogens (tertiary/aromatic N) is 1. The summed E-state index contributed by atoms with van der Waals surface area (Å²) in [4.78, 5) is 37.8. The summed E-state index contributed by atoms with van der Waals surface area (Å²) < 4.78 is 5.35. The first kappa shape index (κ1) is 28.4. The van der Waals surface area contributed by atoms with Gasteiger partial charge in [0.25, 0.3) is 0 Å². The van der Waals surface area contributed by atoms with Gasteiger partial charge in [-0.1, -0.05) is 33.8 Å². The van der Waals surface area contributed by atoms with Gasteiger partial charge in [0.15, 0.2) is 0 Å². The summed E-state index contributed by atoms with van der Waals surface area (Å²) >= 11 is 3.90. The van der Waals surface area contributed by atoms with Crippen molar-refractivity contribution in [2.45, 2.75) is 60.0 Å². The van der Waals surface area contributed by atoms with Gasteiger partial charge in [0, 0.05) is 26.1 Å². The number of aliphatic hydroxyl groups excluding tert-OH is 1. The van der Waals surface area contributed by atoms with Crippen molar-refractivity contribution in [3.8, 4) is 0 Å². The number of nitrogens with two attached hydrogens (primary N) is 1. The van der Waals surface area contributed by atoms with Crippen LogP contribution in [0.15, 0.2) is 11.5 Å². The predicted molar refractivity (Wildman–Crippen MR) is 119 cm³/mol. The van der Waals surface area contributed by atoms with Gasteiger partial charge >= 0.3 is 11.9 Å². The first-order chi connectivity index (χ1) is 13.8. The van der Waals surface area contributed by atoms with Crippen LogP contribution in [0, 0.1) is 16.7 Å². The number of hydrogen-bond acceptors (Lipinski definition) is 7. The molecule has 0 aromatic heterocycles. The number of rotatable bonds is 13. The summed E-state index contributed by atoms with van der Waals surface area (Å²) in [5.41, 5.74) is 4.53. The molecule has 3 atom stereocenters. The minimum atomic E-state index is -1.11. The number of allylic oxidation sites excluding steroid dienone is 1. The fraction of sp³-hybridized carbons (Fsp3) is 0.762. The molecule has 0 saturated heterocycles. The molecule has 0 aliphatic heterocycles. The third-order valence-corrected chi connectivity index (χ3v) is 5.91. The van der Waals surface area contributed by atoms with Gasteiger partial charge in [-0.15, -0.1) is 0 Å². The van der Waals surface area contributed by atoms with E-state index in [4.69, 9.17) is 10.5 Å². The number of carboxylic acids is 1. The number of hydrogen-bond donors (Lipinski definition) is 4. The molecule has 30 heavy (non-hydrogen) atoms. The quantitative estimate of drug-likeness (QED) is 0.252. The fourth-order valence-corrected chi connectivity index (χ4v) is 3.05. The molecule has 0 radical (unpaired) electrons. The molecule has 0 bridgehead atoms. The molecule has 0 aliphatic rings. The van der Waals surface area contributed by atoms with Crippen LogP contribution in [0.4, 0.5) is 0 Å². The lowest BCUT2D eigenvalue weighted by molar-refractivity contribution is -0.165. The number of thiol groups is 1. The Labute approximate surface area is 185 Å². The van der Waals surface area contributed by atoms with Crippen molar-refractivity contribution in [2.24, 2.45) is 22.5 Å². The Balaban J connectivity index is 4.99. The van der Waals surface area contributed by atoms with E-state index < -0.39 is 35.3 Å². The largest absolute Gasteiger partial charge is 0.481 e. The molecule has 0 heterocycles. The molecule has 0 aromatic rings. The molecule has 3 unspecified atom stereocenters. The van der Waals surface area contributed by atoms with E-state index in [0.717, 1.165) is 0 Å². The Morgan fingerprint density at radius 1 is 1.23 bits per heavy atom. The molecule has 9 heteroatoms. The van der Waals surface area contributed by atoms with E-state index in [1.165, 1.54) is 10.3 Å². The first-order valence-corrected chi connectivity index (χ1v) is 10.7. The number of amides is 1. The highest BCUT2D eigenvalue weighted by molar-refractivity contribution is 7.83. The van der Waals surface area contributed by atoms with Gasteiger partial charge in [0.1, 0.15) is 12.7 Å². The Morgan fingerprint density at radius 3 is 2.27 bits per heavy atom. The summed E-state index contributed by atoms with van der Waals surface area (Å²) in [6.45, 7) is 9.56. The van der Waals surface area contributed by atoms with E-state index >= 15 is 0 Å². The number of carbonyl (C=O) groups is 3.